The SMILES string of the molecule is COCCN(CC(=O)Nc1ccc(N2CCN(C(=O)c3cccc(F)c3)CC2)cc1)C(=O)c1ccccc1F. The van der Waals surface area contributed by atoms with E-state index >= 15 is 0 Å². The zero-order chi connectivity index (χ0) is 27.8. The van der Waals surface area contributed by atoms with E-state index in [4.69, 9.17) is 4.74 Å². The van der Waals surface area contributed by atoms with Gasteiger partial charge in [0.25, 0.3) is 11.8 Å². The number of methoxy groups -OCH3 is 1. The van der Waals surface area contributed by atoms with Crippen molar-refractivity contribution in [1.82, 2.24) is 9.80 Å². The van der Waals surface area contributed by atoms with E-state index in [1.54, 1.807) is 29.2 Å². The van der Waals surface area contributed by atoms with Crippen LogP contribution >= 0.6 is 0 Å². The Morgan fingerprint density at radius 2 is 1.64 bits per heavy atom. The number of nitrogens with one attached hydrogen (secondary N) is 1. The minimum absolute atomic E-state index is 0.108. The summed E-state index contributed by atoms with van der Waals surface area (Å²) in [6.07, 6.45) is 0. The van der Waals surface area contributed by atoms with Crippen LogP contribution in [0, 0.1) is 11.6 Å². The predicted molar refractivity (Wildman–Crippen MR) is 144 cm³/mol. The van der Waals surface area contributed by atoms with E-state index in [0.717, 1.165) is 5.69 Å². The number of anilines is 2. The van der Waals surface area contributed by atoms with E-state index < -0.39 is 23.4 Å². The highest BCUT2D eigenvalue weighted by Gasteiger charge is 2.23. The van der Waals surface area contributed by atoms with Crippen molar-refractivity contribution in [2.45, 2.75) is 0 Å². The first-order chi connectivity index (χ1) is 18.9. The number of halogens is 2. The molecule has 0 bridgehead atoms. The highest BCUT2D eigenvalue weighted by Crippen LogP contribution is 2.21. The summed E-state index contributed by atoms with van der Waals surface area (Å²) >= 11 is 0. The second-order valence-electron chi connectivity index (χ2n) is 9.08. The van der Waals surface area contributed by atoms with Crippen molar-refractivity contribution in [3.63, 3.8) is 0 Å². The number of carbonyl (C=O) groups excluding carboxylic acids is 3. The van der Waals surface area contributed by atoms with Gasteiger partial charge in [-0.3, -0.25) is 14.4 Å². The van der Waals surface area contributed by atoms with Crippen LogP contribution in [0.3, 0.4) is 0 Å². The smallest absolute Gasteiger partial charge is 0.257 e. The van der Waals surface area contributed by atoms with Crippen LogP contribution in [0.1, 0.15) is 20.7 Å². The standard InChI is InChI=1S/C29H30F2N4O4/c1-39-18-17-35(29(38)25-7-2-3-8-26(25)31)20-27(36)32-23-9-11-24(12-10-23)33-13-15-34(16-14-33)28(37)21-5-4-6-22(30)19-21/h2-12,19H,13-18,20H2,1H3,(H,32,36). The van der Waals surface area contributed by atoms with Crippen LogP contribution in [0.2, 0.25) is 0 Å². The number of nitrogens with zero attached hydrogens (tertiary/aromatic N) is 3. The highest BCUT2D eigenvalue weighted by atomic mass is 19.1. The molecule has 10 heteroatoms. The Hall–Kier alpha value is -4.31. The van der Waals surface area contributed by atoms with Gasteiger partial charge in [0, 0.05) is 56.8 Å². The van der Waals surface area contributed by atoms with Crippen LogP contribution in [-0.4, -0.2) is 80.5 Å². The molecule has 0 saturated carbocycles. The normalized spacial score (nSPS) is 13.2. The maximum atomic E-state index is 14.1. The number of amides is 3. The summed E-state index contributed by atoms with van der Waals surface area (Å²) in [5, 5.41) is 2.78. The van der Waals surface area contributed by atoms with Gasteiger partial charge in [0.05, 0.1) is 12.2 Å². The molecule has 1 aliphatic heterocycles. The minimum atomic E-state index is -0.653. The van der Waals surface area contributed by atoms with Crippen molar-refractivity contribution in [3.8, 4) is 0 Å². The third-order valence-electron chi connectivity index (χ3n) is 6.45. The molecule has 0 unspecified atom stereocenters. The average molecular weight is 537 g/mol. The van der Waals surface area contributed by atoms with Crippen LogP contribution in [-0.2, 0) is 9.53 Å². The van der Waals surface area contributed by atoms with Crippen molar-refractivity contribution in [2.75, 3.05) is 63.2 Å². The fourth-order valence-corrected chi connectivity index (χ4v) is 4.36. The van der Waals surface area contributed by atoms with Gasteiger partial charge in [-0.25, -0.2) is 8.78 Å². The molecule has 3 amide bonds. The Balaban J connectivity index is 1.31. The van der Waals surface area contributed by atoms with Crippen molar-refractivity contribution >= 4 is 29.1 Å². The monoisotopic (exact) mass is 536 g/mol. The predicted octanol–water partition coefficient (Wildman–Crippen LogP) is 3.65. The Labute approximate surface area is 225 Å². The van der Waals surface area contributed by atoms with Crippen molar-refractivity contribution in [2.24, 2.45) is 0 Å². The molecule has 0 spiro atoms. The van der Waals surface area contributed by atoms with E-state index in [-0.39, 0.29) is 31.2 Å². The number of hydrogen-bond donors (Lipinski definition) is 1. The van der Waals surface area contributed by atoms with Gasteiger partial charge in [0.15, 0.2) is 0 Å². The first-order valence-electron chi connectivity index (χ1n) is 12.6. The number of benzene rings is 3. The number of hydrogen-bond acceptors (Lipinski definition) is 5. The summed E-state index contributed by atoms with van der Waals surface area (Å²) in [7, 11) is 1.48. The van der Waals surface area contributed by atoms with Gasteiger partial charge in [-0.2, -0.15) is 0 Å². The molecule has 204 valence electrons. The topological polar surface area (TPSA) is 82.2 Å². The molecule has 8 nitrogen and oxygen atoms in total. The fraction of sp³-hybridized carbons (Fsp3) is 0.276. The van der Waals surface area contributed by atoms with E-state index in [9.17, 15) is 23.2 Å². The zero-order valence-electron chi connectivity index (χ0n) is 21.6. The highest BCUT2D eigenvalue weighted by molar-refractivity contribution is 5.99. The van der Waals surface area contributed by atoms with Gasteiger partial charge in [0.1, 0.15) is 18.2 Å². The average Bonchev–Trinajstić information content (AvgIpc) is 2.95. The van der Waals surface area contributed by atoms with Gasteiger partial charge in [-0.15, -0.1) is 0 Å². The number of ether oxygens (including phenoxy) is 1. The number of rotatable bonds is 9. The van der Waals surface area contributed by atoms with Crippen molar-refractivity contribution < 1.29 is 27.9 Å². The Bertz CT molecular complexity index is 1310. The molecular formula is C29H30F2N4O4. The van der Waals surface area contributed by atoms with Gasteiger partial charge in [0.2, 0.25) is 5.91 Å². The molecule has 0 atom stereocenters. The third kappa shape index (κ3) is 7.17. The number of piperazine rings is 1. The van der Waals surface area contributed by atoms with Crippen LogP contribution in [0.5, 0.6) is 0 Å². The fourth-order valence-electron chi connectivity index (χ4n) is 4.36. The summed E-state index contributed by atoms with van der Waals surface area (Å²) < 4.78 is 32.7. The van der Waals surface area contributed by atoms with E-state index in [1.807, 2.05) is 12.1 Å². The maximum Gasteiger partial charge on any atom is 0.257 e. The van der Waals surface area contributed by atoms with Crippen molar-refractivity contribution in [1.29, 1.82) is 0 Å². The minimum Gasteiger partial charge on any atom is -0.383 e. The molecule has 0 radical (unpaired) electrons. The lowest BCUT2D eigenvalue weighted by Gasteiger charge is -2.36. The summed E-state index contributed by atoms with van der Waals surface area (Å²) in [6, 6.07) is 18.6. The quantitative estimate of drug-likeness (QED) is 0.452. The lowest BCUT2D eigenvalue weighted by atomic mass is 10.1. The molecule has 1 fully saturated rings. The summed E-state index contributed by atoms with van der Waals surface area (Å²) in [5.41, 5.74) is 1.71. The molecule has 1 aliphatic rings. The second kappa shape index (κ2) is 13.0. The van der Waals surface area contributed by atoms with Gasteiger partial charge in [-0.1, -0.05) is 18.2 Å². The van der Waals surface area contributed by atoms with E-state index in [0.29, 0.717) is 37.4 Å². The summed E-state index contributed by atoms with van der Waals surface area (Å²) in [4.78, 5) is 43.3. The molecule has 1 N–H and O–H groups in total. The molecule has 39 heavy (non-hydrogen) atoms. The summed E-state index contributed by atoms with van der Waals surface area (Å²) in [6.45, 7) is 2.29. The van der Waals surface area contributed by atoms with E-state index in [1.165, 1.54) is 48.4 Å². The lowest BCUT2D eigenvalue weighted by Crippen LogP contribution is -2.48. The molecule has 1 heterocycles. The largest absolute Gasteiger partial charge is 0.383 e. The first kappa shape index (κ1) is 27.7. The molecule has 4 rings (SSSR count). The lowest BCUT2D eigenvalue weighted by molar-refractivity contribution is -0.117. The second-order valence-corrected chi connectivity index (χ2v) is 9.08. The molecular weight excluding hydrogens is 506 g/mol. The Morgan fingerprint density at radius 3 is 2.31 bits per heavy atom. The number of carbonyl (C=O) groups is 3. The van der Waals surface area contributed by atoms with Crippen LogP contribution in [0.15, 0.2) is 72.8 Å². The van der Waals surface area contributed by atoms with Crippen LogP contribution in [0.25, 0.3) is 0 Å². The molecule has 0 aliphatic carbocycles. The molecule has 3 aromatic carbocycles. The van der Waals surface area contributed by atoms with Gasteiger partial charge >= 0.3 is 0 Å². The molecule has 0 aromatic heterocycles. The maximum absolute atomic E-state index is 14.1. The van der Waals surface area contributed by atoms with Crippen LogP contribution < -0.4 is 10.2 Å². The van der Waals surface area contributed by atoms with Gasteiger partial charge in [-0.05, 0) is 54.6 Å². The van der Waals surface area contributed by atoms with E-state index in [2.05, 4.69) is 10.2 Å². The summed E-state index contributed by atoms with van der Waals surface area (Å²) in [5.74, 6) is -2.30. The van der Waals surface area contributed by atoms with Crippen LogP contribution in [0.4, 0.5) is 20.2 Å². The Kier molecular flexibility index (Phi) is 9.22. The Morgan fingerprint density at radius 1 is 0.923 bits per heavy atom. The zero-order valence-corrected chi connectivity index (χ0v) is 21.6. The van der Waals surface area contributed by atoms with Gasteiger partial charge < -0.3 is 24.8 Å². The molecule has 1 saturated heterocycles. The third-order valence-corrected chi connectivity index (χ3v) is 6.45. The first-order valence-corrected chi connectivity index (χ1v) is 12.6. The van der Waals surface area contributed by atoms with Crippen molar-refractivity contribution in [3.05, 3.63) is 95.6 Å². The molecule has 3 aromatic rings.